The Hall–Kier alpha value is 0.610. The van der Waals surface area contributed by atoms with Crippen LogP contribution in [0.3, 0.4) is 0 Å². The molecule has 0 N–H and O–H groups in total. The molecule has 0 bridgehead atoms. The summed E-state index contributed by atoms with van der Waals surface area (Å²) >= 11 is 8.12. The molecule has 1 aliphatic rings. The Morgan fingerprint density at radius 3 is 2.12 bits per heavy atom. The Balaban J connectivity index is 2.61. The van der Waals surface area contributed by atoms with E-state index >= 15 is 0 Å². The Morgan fingerprint density at radius 2 is 1.69 bits per heavy atom. The predicted octanol–water partition coefficient (Wildman–Crippen LogP) is 4.95. The number of hydrogen-bond acceptors (Lipinski definition) is 0. The van der Waals surface area contributed by atoms with Crippen LogP contribution in [-0.2, 0) is 0 Å². The molecule has 90 valence electrons. The minimum absolute atomic E-state index is 0.348. The van der Waals surface area contributed by atoms with Crippen LogP contribution in [0.15, 0.2) is 30.3 Å². The molecular formula is C13H19Br2P. The van der Waals surface area contributed by atoms with Gasteiger partial charge in [-0.2, -0.15) is 0 Å². The van der Waals surface area contributed by atoms with E-state index in [1.54, 1.807) is 0 Å². The van der Waals surface area contributed by atoms with Crippen molar-refractivity contribution in [3.63, 3.8) is 0 Å². The van der Waals surface area contributed by atoms with Crippen LogP contribution in [0.25, 0.3) is 0 Å². The molecule has 2 unspecified atom stereocenters. The van der Waals surface area contributed by atoms with Crippen molar-refractivity contribution in [1.82, 2.24) is 0 Å². The van der Waals surface area contributed by atoms with Gasteiger partial charge < -0.3 is 0 Å². The molecule has 0 amide bonds. The summed E-state index contributed by atoms with van der Waals surface area (Å²) in [6, 6.07) is 10.9. The van der Waals surface area contributed by atoms with E-state index < -0.39 is 5.31 Å². The van der Waals surface area contributed by atoms with Gasteiger partial charge in [-0.3, -0.25) is 0 Å². The molecule has 1 fully saturated rings. The molecule has 0 saturated carbocycles. The van der Waals surface area contributed by atoms with E-state index in [1.165, 1.54) is 5.30 Å². The fourth-order valence-electron chi connectivity index (χ4n) is 2.87. The van der Waals surface area contributed by atoms with Crippen molar-refractivity contribution in [1.29, 1.82) is 0 Å². The van der Waals surface area contributed by atoms with E-state index in [1.807, 2.05) is 0 Å². The van der Waals surface area contributed by atoms with E-state index in [0.29, 0.717) is 15.6 Å². The van der Waals surface area contributed by atoms with Gasteiger partial charge in [-0.1, -0.05) is 0 Å². The Kier molecular flexibility index (Phi) is 2.90. The Labute approximate surface area is 115 Å². The molecule has 16 heavy (non-hydrogen) atoms. The van der Waals surface area contributed by atoms with Gasteiger partial charge in [0.15, 0.2) is 0 Å². The molecule has 2 rings (SSSR count). The summed E-state index contributed by atoms with van der Waals surface area (Å²) in [6.07, 6.45) is 0. The SMILES string of the molecule is CC1C(Br)P(C)(Br)(c2ccccc2)C1(C)C. The first kappa shape index (κ1) is 13.1. The van der Waals surface area contributed by atoms with E-state index in [0.717, 1.165) is 0 Å². The quantitative estimate of drug-likeness (QED) is 0.487. The molecule has 3 heteroatoms. The molecule has 0 nitrogen and oxygen atoms in total. The second-order valence-corrected chi connectivity index (χ2v) is 18.1. The number of halogens is 2. The number of benzene rings is 1. The van der Waals surface area contributed by atoms with Gasteiger partial charge >= 0.3 is 115 Å². The van der Waals surface area contributed by atoms with Crippen molar-refractivity contribution >= 4 is 42.0 Å². The zero-order valence-electron chi connectivity index (χ0n) is 10.2. The van der Waals surface area contributed by atoms with Crippen molar-refractivity contribution in [2.24, 2.45) is 5.92 Å². The normalized spacial score (nSPS) is 36.8. The second-order valence-electron chi connectivity index (χ2n) is 5.66. The zero-order chi connectivity index (χ0) is 12.2. The van der Waals surface area contributed by atoms with Crippen molar-refractivity contribution in [2.45, 2.75) is 30.5 Å². The fraction of sp³-hybridized carbons (Fsp3) is 0.538. The van der Waals surface area contributed by atoms with Gasteiger partial charge in [-0.25, -0.2) is 0 Å². The first-order valence-electron chi connectivity index (χ1n) is 5.65. The molecule has 1 aliphatic heterocycles. The molecule has 0 radical (unpaired) electrons. The van der Waals surface area contributed by atoms with Crippen LogP contribution in [0.1, 0.15) is 20.8 Å². The van der Waals surface area contributed by atoms with Gasteiger partial charge in [0.05, 0.1) is 0 Å². The van der Waals surface area contributed by atoms with Gasteiger partial charge in [-0.05, 0) is 0 Å². The summed E-state index contributed by atoms with van der Waals surface area (Å²) in [5.74, 6) is 0.703. The van der Waals surface area contributed by atoms with E-state index in [-0.39, 0.29) is 0 Å². The number of hydrogen-bond donors (Lipinski definition) is 0. The molecule has 0 aliphatic carbocycles. The van der Waals surface area contributed by atoms with Gasteiger partial charge in [0.1, 0.15) is 0 Å². The molecule has 1 aromatic rings. The second kappa shape index (κ2) is 3.56. The van der Waals surface area contributed by atoms with Crippen LogP contribution in [0.5, 0.6) is 0 Å². The average Bonchev–Trinajstić information content (AvgIpc) is 2.28. The summed E-state index contributed by atoms with van der Waals surface area (Å²) in [7, 11) is 0. The summed E-state index contributed by atoms with van der Waals surface area (Å²) in [5.41, 5.74) is 0. The molecule has 1 saturated heterocycles. The van der Waals surface area contributed by atoms with Crippen LogP contribution in [0.4, 0.5) is 0 Å². The molecule has 1 aromatic carbocycles. The van der Waals surface area contributed by atoms with Gasteiger partial charge in [0, 0.05) is 0 Å². The van der Waals surface area contributed by atoms with Crippen LogP contribution < -0.4 is 5.30 Å². The maximum atomic E-state index is 4.19. The monoisotopic (exact) mass is 364 g/mol. The number of rotatable bonds is 1. The zero-order valence-corrected chi connectivity index (χ0v) is 14.3. The predicted molar refractivity (Wildman–Crippen MR) is 83.8 cm³/mol. The summed E-state index contributed by atoms with van der Waals surface area (Å²) in [4.78, 5) is 0. The topological polar surface area (TPSA) is 0 Å². The van der Waals surface area contributed by atoms with E-state index in [9.17, 15) is 0 Å². The van der Waals surface area contributed by atoms with Crippen molar-refractivity contribution in [3.05, 3.63) is 30.3 Å². The fourth-order valence-corrected chi connectivity index (χ4v) is 13.6. The maximum absolute atomic E-state index is 4.19. The number of alkyl halides is 1. The van der Waals surface area contributed by atoms with Gasteiger partial charge in [-0.15, -0.1) is 0 Å². The van der Waals surface area contributed by atoms with Gasteiger partial charge in [0.25, 0.3) is 0 Å². The van der Waals surface area contributed by atoms with Crippen LogP contribution >= 0.6 is 36.7 Å². The van der Waals surface area contributed by atoms with Crippen molar-refractivity contribution in [3.8, 4) is 0 Å². The third-order valence-corrected chi connectivity index (χ3v) is 22.1. The van der Waals surface area contributed by atoms with E-state index in [4.69, 9.17) is 0 Å². The summed E-state index contributed by atoms with van der Waals surface area (Å²) < 4.78 is 0.580. The molecular weight excluding hydrogens is 347 g/mol. The first-order chi connectivity index (χ1) is 7.23. The summed E-state index contributed by atoms with van der Waals surface area (Å²) in [5, 5.41) is -0.188. The van der Waals surface area contributed by atoms with Crippen molar-refractivity contribution in [2.75, 3.05) is 6.66 Å². The molecule has 2 atom stereocenters. The van der Waals surface area contributed by atoms with Gasteiger partial charge in [0.2, 0.25) is 0 Å². The molecule has 0 aromatic heterocycles. The molecule has 1 heterocycles. The Morgan fingerprint density at radius 1 is 1.19 bits per heavy atom. The minimum atomic E-state index is -2.02. The molecule has 0 spiro atoms. The first-order valence-corrected chi connectivity index (χ1v) is 11.3. The third kappa shape index (κ3) is 1.25. The average molecular weight is 366 g/mol. The van der Waals surface area contributed by atoms with Crippen LogP contribution in [0, 0.1) is 5.92 Å². The summed E-state index contributed by atoms with van der Waals surface area (Å²) in [6.45, 7) is 9.59. The van der Waals surface area contributed by atoms with E-state index in [2.05, 4.69) is 89.2 Å². The standard InChI is InChI=1S/C13H19Br2P/c1-10-12(14)16(4,15,13(10,2)3)11-8-6-5-7-9-11/h5-10,12H,1-4H3. The van der Waals surface area contributed by atoms with Crippen LogP contribution in [-0.4, -0.2) is 16.4 Å². The third-order valence-electron chi connectivity index (χ3n) is 4.92. The Bertz CT molecular complexity index is 411. The van der Waals surface area contributed by atoms with Crippen LogP contribution in [0.2, 0.25) is 0 Å². The van der Waals surface area contributed by atoms with Crippen molar-refractivity contribution < 1.29 is 0 Å².